The van der Waals surface area contributed by atoms with Gasteiger partial charge >= 0.3 is 0 Å². The second kappa shape index (κ2) is 6.42. The fraction of sp³-hybridized carbons (Fsp3) is 0.867. The Bertz CT molecular complexity index is 279. The van der Waals surface area contributed by atoms with Crippen molar-refractivity contribution >= 4 is 0 Å². The molecule has 0 aromatic heterocycles. The Hall–Kier alpha value is -0.520. The van der Waals surface area contributed by atoms with Gasteiger partial charge in [0, 0.05) is 12.0 Å². The first-order valence-electron chi connectivity index (χ1n) is 6.78. The molecule has 1 fully saturated rings. The molecule has 0 heterocycles. The van der Waals surface area contributed by atoms with E-state index in [0.717, 1.165) is 31.6 Å². The summed E-state index contributed by atoms with van der Waals surface area (Å²) >= 11 is 0. The van der Waals surface area contributed by atoms with Crippen LogP contribution in [0.4, 0.5) is 0 Å². The standard InChI is InChI=1S/C15H27NO/c1-5-6-7-8-14(17)15(16(3)4)11-9-13(2)10-12-15/h13-14,17H,7-12H2,1-4H3. The summed E-state index contributed by atoms with van der Waals surface area (Å²) in [4.78, 5) is 2.24. The number of aliphatic hydroxyl groups is 1. The molecule has 17 heavy (non-hydrogen) atoms. The molecule has 0 saturated heterocycles. The minimum atomic E-state index is -0.245. The van der Waals surface area contributed by atoms with E-state index in [2.05, 4.69) is 37.8 Å². The number of hydrogen-bond acceptors (Lipinski definition) is 2. The van der Waals surface area contributed by atoms with Crippen LogP contribution in [0.15, 0.2) is 0 Å². The Kier molecular flexibility index (Phi) is 5.49. The molecule has 0 aromatic rings. The van der Waals surface area contributed by atoms with Crippen molar-refractivity contribution < 1.29 is 5.11 Å². The summed E-state index contributed by atoms with van der Waals surface area (Å²) in [5, 5.41) is 10.5. The van der Waals surface area contributed by atoms with Gasteiger partial charge in [0.05, 0.1) is 6.10 Å². The van der Waals surface area contributed by atoms with Crippen LogP contribution < -0.4 is 0 Å². The molecule has 1 rings (SSSR count). The van der Waals surface area contributed by atoms with Crippen molar-refractivity contribution in [2.45, 2.75) is 64.0 Å². The second-order valence-corrected chi connectivity index (χ2v) is 5.66. The van der Waals surface area contributed by atoms with E-state index in [9.17, 15) is 5.11 Å². The highest BCUT2D eigenvalue weighted by Gasteiger charge is 2.41. The largest absolute Gasteiger partial charge is 0.391 e. The van der Waals surface area contributed by atoms with Crippen molar-refractivity contribution in [3.05, 3.63) is 0 Å². The van der Waals surface area contributed by atoms with Crippen LogP contribution in [-0.2, 0) is 0 Å². The highest BCUT2D eigenvalue weighted by Crippen LogP contribution is 2.38. The van der Waals surface area contributed by atoms with Crippen LogP contribution in [0.2, 0.25) is 0 Å². The normalized spacial score (nSPS) is 30.8. The molecule has 1 N–H and O–H groups in total. The Morgan fingerprint density at radius 1 is 1.35 bits per heavy atom. The molecule has 1 aliphatic rings. The maximum Gasteiger partial charge on any atom is 0.0732 e. The zero-order chi connectivity index (χ0) is 12.9. The lowest BCUT2D eigenvalue weighted by Gasteiger charge is -2.47. The lowest BCUT2D eigenvalue weighted by Crippen LogP contribution is -2.55. The summed E-state index contributed by atoms with van der Waals surface area (Å²) in [6.45, 7) is 4.17. The van der Waals surface area contributed by atoms with E-state index in [-0.39, 0.29) is 11.6 Å². The monoisotopic (exact) mass is 237 g/mol. The van der Waals surface area contributed by atoms with Crippen LogP contribution in [0.25, 0.3) is 0 Å². The Labute approximate surface area is 106 Å². The Balaban J connectivity index is 2.66. The van der Waals surface area contributed by atoms with E-state index in [1.165, 1.54) is 12.8 Å². The van der Waals surface area contributed by atoms with E-state index in [4.69, 9.17) is 0 Å². The van der Waals surface area contributed by atoms with E-state index < -0.39 is 0 Å². The van der Waals surface area contributed by atoms with Gasteiger partial charge in [0.25, 0.3) is 0 Å². The molecule has 1 aliphatic carbocycles. The lowest BCUT2D eigenvalue weighted by molar-refractivity contribution is -0.0417. The molecule has 0 aromatic carbocycles. The molecule has 0 radical (unpaired) electrons. The van der Waals surface area contributed by atoms with E-state index >= 15 is 0 Å². The zero-order valence-electron chi connectivity index (χ0n) is 11.8. The number of nitrogens with zero attached hydrogens (tertiary/aromatic N) is 1. The van der Waals surface area contributed by atoms with Gasteiger partial charge in [-0.25, -0.2) is 0 Å². The summed E-state index contributed by atoms with van der Waals surface area (Å²) in [7, 11) is 4.20. The number of hydrogen-bond donors (Lipinski definition) is 1. The smallest absolute Gasteiger partial charge is 0.0732 e. The van der Waals surface area contributed by atoms with Gasteiger partial charge in [0.2, 0.25) is 0 Å². The molecular weight excluding hydrogens is 210 g/mol. The predicted molar refractivity (Wildman–Crippen MR) is 72.7 cm³/mol. The predicted octanol–water partition coefficient (Wildman–Crippen LogP) is 2.66. The van der Waals surface area contributed by atoms with Crippen LogP contribution in [0.3, 0.4) is 0 Å². The van der Waals surface area contributed by atoms with E-state index in [1.54, 1.807) is 0 Å². The number of aliphatic hydroxyl groups excluding tert-OH is 1. The van der Waals surface area contributed by atoms with Crippen LogP contribution >= 0.6 is 0 Å². The van der Waals surface area contributed by atoms with Gasteiger partial charge in [-0.3, -0.25) is 0 Å². The third-order valence-electron chi connectivity index (χ3n) is 4.37. The number of likely N-dealkylation sites (N-methyl/N-ethyl adjacent to an activating group) is 1. The van der Waals surface area contributed by atoms with E-state index in [0.29, 0.717) is 0 Å². The first kappa shape index (κ1) is 14.5. The summed E-state index contributed by atoms with van der Waals surface area (Å²) in [5.74, 6) is 6.77. The Morgan fingerprint density at radius 2 is 1.94 bits per heavy atom. The molecule has 0 aliphatic heterocycles. The summed E-state index contributed by atoms with van der Waals surface area (Å²) < 4.78 is 0. The van der Waals surface area contributed by atoms with Crippen molar-refractivity contribution in [2.75, 3.05) is 14.1 Å². The van der Waals surface area contributed by atoms with Gasteiger partial charge < -0.3 is 10.0 Å². The topological polar surface area (TPSA) is 23.5 Å². The molecule has 0 bridgehead atoms. The first-order chi connectivity index (χ1) is 8.03. The highest BCUT2D eigenvalue weighted by molar-refractivity contribution is 5.01. The van der Waals surface area contributed by atoms with Gasteiger partial charge in [-0.1, -0.05) is 6.92 Å². The fourth-order valence-electron chi connectivity index (χ4n) is 2.94. The third kappa shape index (κ3) is 3.47. The van der Waals surface area contributed by atoms with Crippen LogP contribution in [0.5, 0.6) is 0 Å². The molecule has 2 nitrogen and oxygen atoms in total. The number of rotatable bonds is 4. The van der Waals surface area contributed by atoms with Gasteiger partial charge in [-0.2, -0.15) is 0 Å². The minimum absolute atomic E-state index is 0.0120. The highest BCUT2D eigenvalue weighted by atomic mass is 16.3. The quantitative estimate of drug-likeness (QED) is 0.760. The maximum absolute atomic E-state index is 10.5. The molecule has 1 unspecified atom stereocenters. The Morgan fingerprint density at radius 3 is 2.41 bits per heavy atom. The summed E-state index contributed by atoms with van der Waals surface area (Å²) in [6, 6.07) is 0. The molecule has 1 saturated carbocycles. The van der Waals surface area contributed by atoms with Gasteiger partial charge in [0.1, 0.15) is 0 Å². The second-order valence-electron chi connectivity index (χ2n) is 5.66. The molecule has 0 amide bonds. The van der Waals surface area contributed by atoms with Crippen molar-refractivity contribution in [3.8, 4) is 11.8 Å². The fourth-order valence-corrected chi connectivity index (χ4v) is 2.94. The summed E-state index contributed by atoms with van der Waals surface area (Å²) in [5.41, 5.74) is -0.0120. The molecule has 98 valence electrons. The molecular formula is C15H27NO. The van der Waals surface area contributed by atoms with Crippen LogP contribution in [0, 0.1) is 17.8 Å². The molecule has 1 atom stereocenters. The van der Waals surface area contributed by atoms with Gasteiger partial charge in [0.15, 0.2) is 0 Å². The SMILES string of the molecule is CC#CCCC(O)C1(N(C)C)CCC(C)CC1. The zero-order valence-corrected chi connectivity index (χ0v) is 11.8. The average Bonchev–Trinajstić information content (AvgIpc) is 2.30. The van der Waals surface area contributed by atoms with Crippen LogP contribution in [0.1, 0.15) is 52.4 Å². The average molecular weight is 237 g/mol. The first-order valence-corrected chi connectivity index (χ1v) is 6.78. The van der Waals surface area contributed by atoms with E-state index in [1.807, 2.05) is 6.92 Å². The van der Waals surface area contributed by atoms with Gasteiger partial charge in [-0.15, -0.1) is 11.8 Å². The van der Waals surface area contributed by atoms with Crippen molar-refractivity contribution in [2.24, 2.45) is 5.92 Å². The molecule has 0 spiro atoms. The van der Waals surface area contributed by atoms with Crippen molar-refractivity contribution in [3.63, 3.8) is 0 Å². The maximum atomic E-state index is 10.5. The molecule has 2 heteroatoms. The minimum Gasteiger partial charge on any atom is -0.391 e. The third-order valence-corrected chi connectivity index (χ3v) is 4.37. The lowest BCUT2D eigenvalue weighted by atomic mass is 9.72. The van der Waals surface area contributed by atoms with Gasteiger partial charge in [-0.05, 0) is 59.0 Å². The van der Waals surface area contributed by atoms with Crippen LogP contribution in [-0.4, -0.2) is 35.7 Å². The summed E-state index contributed by atoms with van der Waals surface area (Å²) in [6.07, 6.45) is 6.05. The van der Waals surface area contributed by atoms with Crippen molar-refractivity contribution in [1.82, 2.24) is 4.90 Å². The van der Waals surface area contributed by atoms with Crippen molar-refractivity contribution in [1.29, 1.82) is 0 Å².